The maximum atomic E-state index is 12.1. The molecule has 1 fully saturated rings. The number of likely N-dealkylation sites (N-methyl/N-ethyl adjacent to an activating group) is 1. The summed E-state index contributed by atoms with van der Waals surface area (Å²) in [6.45, 7) is 3.00. The Morgan fingerprint density at radius 3 is 2.71 bits per heavy atom. The molecule has 1 unspecified atom stereocenters. The molecule has 0 aromatic carbocycles. The summed E-state index contributed by atoms with van der Waals surface area (Å²) < 4.78 is 4.90. The molecule has 0 aromatic rings. The number of rotatable bonds is 4. The first-order valence-electron chi connectivity index (χ1n) is 5.68. The van der Waals surface area contributed by atoms with Crippen LogP contribution in [0.1, 0.15) is 19.8 Å². The lowest BCUT2D eigenvalue weighted by Gasteiger charge is -2.34. The summed E-state index contributed by atoms with van der Waals surface area (Å²) in [5, 5.41) is 9.21. The summed E-state index contributed by atoms with van der Waals surface area (Å²) >= 11 is 0. The third-order valence-electron chi connectivity index (χ3n) is 3.29. The number of carboxylic acid groups (broad SMARTS) is 1. The van der Waals surface area contributed by atoms with Gasteiger partial charge in [-0.3, -0.25) is 0 Å². The van der Waals surface area contributed by atoms with Crippen LogP contribution < -0.4 is 0 Å². The van der Waals surface area contributed by atoms with E-state index in [0.717, 1.165) is 6.42 Å². The number of carbonyl (C=O) groups is 2. The van der Waals surface area contributed by atoms with Crippen LogP contribution in [0.2, 0.25) is 0 Å². The Balaban J connectivity index is 2.71. The first kappa shape index (κ1) is 13.8. The molecule has 0 aliphatic carbocycles. The van der Waals surface area contributed by atoms with Crippen molar-refractivity contribution in [2.75, 3.05) is 33.9 Å². The number of amides is 2. The Morgan fingerprint density at radius 2 is 2.18 bits per heavy atom. The molecule has 6 nitrogen and oxygen atoms in total. The molecule has 0 bridgehead atoms. The number of methoxy groups -OCH3 is 1. The summed E-state index contributed by atoms with van der Waals surface area (Å²) in [6, 6.07) is -0.246. The van der Waals surface area contributed by atoms with Crippen molar-refractivity contribution < 1.29 is 19.4 Å². The molecule has 1 saturated heterocycles. The minimum Gasteiger partial charge on any atom is -0.480 e. The van der Waals surface area contributed by atoms with Crippen LogP contribution in [0.4, 0.5) is 4.79 Å². The van der Waals surface area contributed by atoms with Gasteiger partial charge in [0.05, 0.1) is 6.61 Å². The van der Waals surface area contributed by atoms with Gasteiger partial charge in [-0.15, -0.1) is 0 Å². The van der Waals surface area contributed by atoms with Crippen molar-refractivity contribution in [1.82, 2.24) is 9.80 Å². The minimum absolute atomic E-state index is 0.246. The molecule has 0 saturated carbocycles. The van der Waals surface area contributed by atoms with Gasteiger partial charge in [0.15, 0.2) is 0 Å². The van der Waals surface area contributed by atoms with Crippen LogP contribution in [0.3, 0.4) is 0 Å². The number of hydrogen-bond acceptors (Lipinski definition) is 3. The standard InChI is InChI=1S/C11H20N2O4/c1-11(9(14)15)5-4-6-13(11)10(16)12(2)7-8-17-3/h4-8H2,1-3H3,(H,14,15). The number of likely N-dealkylation sites (tertiary alicyclic amines) is 1. The van der Waals surface area contributed by atoms with Gasteiger partial charge in [0.25, 0.3) is 0 Å². The smallest absolute Gasteiger partial charge is 0.329 e. The Kier molecular flexibility index (Phi) is 4.34. The summed E-state index contributed by atoms with van der Waals surface area (Å²) in [5.74, 6) is -0.941. The zero-order valence-corrected chi connectivity index (χ0v) is 10.6. The molecule has 98 valence electrons. The number of hydrogen-bond donors (Lipinski definition) is 1. The van der Waals surface area contributed by atoms with Crippen molar-refractivity contribution in [2.24, 2.45) is 0 Å². The highest BCUT2D eigenvalue weighted by Crippen LogP contribution is 2.29. The molecule has 0 aromatic heterocycles. The normalized spacial score (nSPS) is 23.8. The lowest BCUT2D eigenvalue weighted by molar-refractivity contribution is -0.147. The molecule has 6 heteroatoms. The maximum absolute atomic E-state index is 12.1. The van der Waals surface area contributed by atoms with Gasteiger partial charge < -0.3 is 19.6 Å². The highest BCUT2D eigenvalue weighted by molar-refractivity contribution is 5.86. The summed E-state index contributed by atoms with van der Waals surface area (Å²) in [4.78, 5) is 26.3. The summed E-state index contributed by atoms with van der Waals surface area (Å²) in [7, 11) is 3.22. The predicted molar refractivity (Wildman–Crippen MR) is 61.9 cm³/mol. The second-order valence-corrected chi connectivity index (χ2v) is 4.53. The summed E-state index contributed by atoms with van der Waals surface area (Å²) in [6.07, 6.45) is 1.23. The highest BCUT2D eigenvalue weighted by Gasteiger charge is 2.46. The SMILES string of the molecule is COCCN(C)C(=O)N1CCCC1(C)C(=O)O. The Labute approximate surface area is 101 Å². The van der Waals surface area contributed by atoms with Gasteiger partial charge >= 0.3 is 12.0 Å². The van der Waals surface area contributed by atoms with E-state index in [1.54, 1.807) is 21.1 Å². The lowest BCUT2D eigenvalue weighted by Crippen LogP contribution is -2.54. The fraction of sp³-hybridized carbons (Fsp3) is 0.818. The van der Waals surface area contributed by atoms with Crippen molar-refractivity contribution in [3.8, 4) is 0 Å². The third kappa shape index (κ3) is 2.69. The van der Waals surface area contributed by atoms with Crippen molar-refractivity contribution in [3.63, 3.8) is 0 Å². The lowest BCUT2D eigenvalue weighted by atomic mass is 10.00. The van der Waals surface area contributed by atoms with Crippen molar-refractivity contribution >= 4 is 12.0 Å². The van der Waals surface area contributed by atoms with E-state index >= 15 is 0 Å². The second-order valence-electron chi connectivity index (χ2n) is 4.53. The largest absolute Gasteiger partial charge is 0.480 e. The number of nitrogens with zero attached hydrogens (tertiary/aromatic N) is 2. The van der Waals surface area contributed by atoms with E-state index in [1.165, 1.54) is 9.80 Å². The van der Waals surface area contributed by atoms with Crippen LogP contribution in [-0.4, -0.2) is 66.3 Å². The molecule has 1 aliphatic rings. The Morgan fingerprint density at radius 1 is 1.53 bits per heavy atom. The number of carboxylic acids is 1. The average molecular weight is 244 g/mol. The Hall–Kier alpha value is -1.30. The van der Waals surface area contributed by atoms with Gasteiger partial charge in [-0.05, 0) is 19.8 Å². The topological polar surface area (TPSA) is 70.1 Å². The van der Waals surface area contributed by atoms with Gasteiger partial charge in [0.1, 0.15) is 5.54 Å². The molecular formula is C11H20N2O4. The van der Waals surface area contributed by atoms with E-state index in [4.69, 9.17) is 4.74 Å². The molecule has 1 heterocycles. The van der Waals surface area contributed by atoms with E-state index in [9.17, 15) is 14.7 Å². The fourth-order valence-electron chi connectivity index (χ4n) is 2.02. The average Bonchev–Trinajstić information content (AvgIpc) is 2.68. The molecule has 0 spiro atoms. The van der Waals surface area contributed by atoms with E-state index in [2.05, 4.69) is 0 Å². The minimum atomic E-state index is -1.07. The van der Waals surface area contributed by atoms with E-state index in [0.29, 0.717) is 26.1 Å². The molecule has 0 radical (unpaired) electrons. The molecule has 2 amide bonds. The number of ether oxygens (including phenoxy) is 1. The first-order chi connectivity index (χ1) is 7.93. The Bertz CT molecular complexity index is 308. The van der Waals surface area contributed by atoms with Crippen LogP contribution in [0.25, 0.3) is 0 Å². The molecule has 17 heavy (non-hydrogen) atoms. The highest BCUT2D eigenvalue weighted by atomic mass is 16.5. The predicted octanol–water partition coefficient (Wildman–Crippen LogP) is 0.624. The molecule has 1 rings (SSSR count). The molecular weight excluding hydrogens is 224 g/mol. The first-order valence-corrected chi connectivity index (χ1v) is 5.68. The van der Waals surface area contributed by atoms with Crippen LogP contribution >= 0.6 is 0 Å². The quantitative estimate of drug-likeness (QED) is 0.787. The number of carbonyl (C=O) groups excluding carboxylic acids is 1. The second kappa shape index (κ2) is 5.35. The fourth-order valence-corrected chi connectivity index (χ4v) is 2.02. The molecule has 1 aliphatic heterocycles. The number of urea groups is 1. The van der Waals surface area contributed by atoms with Gasteiger partial charge in [0, 0.05) is 27.2 Å². The monoisotopic (exact) mass is 244 g/mol. The van der Waals surface area contributed by atoms with Gasteiger partial charge in [-0.2, -0.15) is 0 Å². The van der Waals surface area contributed by atoms with Crippen LogP contribution in [-0.2, 0) is 9.53 Å². The van der Waals surface area contributed by atoms with E-state index in [1.807, 2.05) is 0 Å². The van der Waals surface area contributed by atoms with E-state index < -0.39 is 11.5 Å². The van der Waals surface area contributed by atoms with Crippen molar-refractivity contribution in [2.45, 2.75) is 25.3 Å². The summed E-state index contributed by atoms with van der Waals surface area (Å²) in [5.41, 5.74) is -1.07. The zero-order valence-electron chi connectivity index (χ0n) is 10.6. The van der Waals surface area contributed by atoms with Gasteiger partial charge in [0.2, 0.25) is 0 Å². The third-order valence-corrected chi connectivity index (χ3v) is 3.29. The number of aliphatic carboxylic acids is 1. The molecule has 1 atom stereocenters. The molecule has 1 N–H and O–H groups in total. The van der Waals surface area contributed by atoms with E-state index in [-0.39, 0.29) is 6.03 Å². The van der Waals surface area contributed by atoms with Crippen molar-refractivity contribution in [1.29, 1.82) is 0 Å². The maximum Gasteiger partial charge on any atom is 0.329 e. The van der Waals surface area contributed by atoms with Gasteiger partial charge in [-0.25, -0.2) is 9.59 Å². The van der Waals surface area contributed by atoms with Crippen LogP contribution in [0, 0.1) is 0 Å². The van der Waals surface area contributed by atoms with Gasteiger partial charge in [-0.1, -0.05) is 0 Å². The van der Waals surface area contributed by atoms with Crippen LogP contribution in [0.15, 0.2) is 0 Å². The van der Waals surface area contributed by atoms with Crippen molar-refractivity contribution in [3.05, 3.63) is 0 Å². The van der Waals surface area contributed by atoms with Crippen LogP contribution in [0.5, 0.6) is 0 Å². The zero-order chi connectivity index (χ0) is 13.1.